The van der Waals surface area contributed by atoms with Gasteiger partial charge in [0, 0.05) is 0 Å². The van der Waals surface area contributed by atoms with Gasteiger partial charge in [0.15, 0.2) is 6.29 Å². The van der Waals surface area contributed by atoms with E-state index in [1.54, 1.807) is 0 Å². The van der Waals surface area contributed by atoms with Crippen LogP contribution in [0.4, 0.5) is 0 Å². The molecule has 0 amide bonds. The van der Waals surface area contributed by atoms with Crippen LogP contribution in [-0.4, -0.2) is 67.5 Å². The summed E-state index contributed by atoms with van der Waals surface area (Å²) in [5.74, 6) is 0. The second-order valence-electron chi connectivity index (χ2n) is 3.32. The van der Waals surface area contributed by atoms with Crippen molar-refractivity contribution in [3.05, 3.63) is 0 Å². The zero-order chi connectivity index (χ0) is 12.5. The van der Waals surface area contributed by atoms with Gasteiger partial charge in [-0.05, 0) is 0 Å². The minimum absolute atomic E-state index is 0. The van der Waals surface area contributed by atoms with Crippen LogP contribution < -0.4 is 29.6 Å². The Morgan fingerprint density at radius 3 is 2.12 bits per heavy atom. The van der Waals surface area contributed by atoms with Crippen molar-refractivity contribution in [1.82, 2.24) is 0 Å². The minimum Gasteiger partial charge on any atom is -1.00 e. The van der Waals surface area contributed by atoms with Crippen LogP contribution in [0.5, 0.6) is 0 Å². The maximum atomic E-state index is 10.4. The summed E-state index contributed by atoms with van der Waals surface area (Å²) in [5.41, 5.74) is 0. The molecule has 1 saturated heterocycles. The van der Waals surface area contributed by atoms with Crippen LogP contribution in [0.25, 0.3) is 0 Å². The van der Waals surface area contributed by atoms with E-state index in [9.17, 15) is 14.8 Å². The van der Waals surface area contributed by atoms with Crippen LogP contribution in [0.2, 0.25) is 0 Å². The monoisotopic (exact) mass is 284 g/mol. The summed E-state index contributed by atoms with van der Waals surface area (Å²) < 4.78 is 19.0. The van der Waals surface area contributed by atoms with Crippen LogP contribution in [0.15, 0.2) is 0 Å². The van der Waals surface area contributed by atoms with Crippen molar-refractivity contribution in [1.29, 1.82) is 0 Å². The third-order valence-electron chi connectivity index (χ3n) is 2.09. The van der Waals surface area contributed by atoms with Crippen molar-refractivity contribution in [3.8, 4) is 0 Å². The van der Waals surface area contributed by atoms with Gasteiger partial charge in [0.05, 0.1) is 6.61 Å². The molecule has 0 unspecified atom stereocenters. The molecule has 6 N–H and O–H groups in total. The van der Waals surface area contributed by atoms with E-state index in [1.807, 2.05) is 0 Å². The first-order chi connectivity index (χ1) is 7.22. The molecule has 1 heterocycles. The number of ether oxygens (including phenoxy) is 1. The van der Waals surface area contributed by atoms with E-state index in [0.717, 1.165) is 0 Å². The summed E-state index contributed by atoms with van der Waals surface area (Å²) in [6, 6.07) is 0. The fourth-order valence-corrected chi connectivity index (χ4v) is 1.58. The molecule has 0 aromatic carbocycles. The van der Waals surface area contributed by atoms with Gasteiger partial charge in [-0.25, -0.2) is 4.57 Å². The third-order valence-corrected chi connectivity index (χ3v) is 2.58. The fourth-order valence-electron chi connectivity index (χ4n) is 1.24. The van der Waals surface area contributed by atoms with Crippen molar-refractivity contribution in [2.24, 2.45) is 0 Å². The number of phosphoric acid groups is 1. The molecule has 5 atom stereocenters. The average molecular weight is 284 g/mol. The van der Waals surface area contributed by atoms with E-state index in [-0.39, 0.29) is 31.0 Å². The average Bonchev–Trinajstić information content (AvgIpc) is 2.17. The molecule has 0 saturated carbocycles. The second kappa shape index (κ2) is 6.90. The maximum absolute atomic E-state index is 10.4. The van der Waals surface area contributed by atoms with Crippen molar-refractivity contribution >= 4 is 7.82 Å². The summed E-state index contributed by atoms with van der Waals surface area (Å²) in [6.07, 6.45) is -8.11. The van der Waals surface area contributed by atoms with E-state index in [2.05, 4.69) is 9.26 Å². The van der Waals surface area contributed by atoms with Gasteiger partial charge >= 0.3 is 37.4 Å². The van der Waals surface area contributed by atoms with Crippen molar-refractivity contribution < 1.29 is 75.0 Å². The molecule has 1 aliphatic rings. The van der Waals surface area contributed by atoms with Crippen molar-refractivity contribution in [2.75, 3.05) is 6.61 Å². The molecule has 9 nitrogen and oxygen atoms in total. The van der Waals surface area contributed by atoms with Crippen LogP contribution in [-0.2, 0) is 13.8 Å². The number of phosphoric ester groups is 1. The Balaban J connectivity index is 0. The summed E-state index contributed by atoms with van der Waals surface area (Å²) >= 11 is 0. The topological polar surface area (TPSA) is 157 Å². The maximum Gasteiger partial charge on any atom is 1.00 e. The molecule has 0 radical (unpaired) electrons. The number of rotatable bonds is 3. The van der Waals surface area contributed by atoms with E-state index in [4.69, 9.17) is 20.0 Å². The smallest absolute Gasteiger partial charge is 1.00 e. The van der Waals surface area contributed by atoms with Gasteiger partial charge in [-0.3, -0.25) is 4.52 Å². The molecular weight excluding hydrogens is 270 g/mol. The van der Waals surface area contributed by atoms with E-state index >= 15 is 0 Å². The van der Waals surface area contributed by atoms with Gasteiger partial charge in [-0.15, -0.1) is 0 Å². The molecule has 11 heteroatoms. The van der Waals surface area contributed by atoms with E-state index < -0.39 is 45.1 Å². The number of aliphatic hydroxyl groups is 4. The number of hydrogen-bond donors (Lipinski definition) is 6. The standard InChI is InChI=1S/C6H13O9P.Na.H/c7-3-2(1-14-16(11,12)13)15-6(10)5(9)4(3)8;;/h2-10H,1H2,(H2,11,12,13);;/q;+1;-1/t2-,3-,4+,5-,6+;;/m1../s1. The first-order valence-corrected chi connectivity index (χ1v) is 5.83. The zero-order valence-corrected chi connectivity index (χ0v) is 11.8. The molecule has 1 aliphatic heterocycles. The largest absolute Gasteiger partial charge is 1.00 e. The molecular formula is C6H14NaO9P. The van der Waals surface area contributed by atoms with Gasteiger partial charge in [-0.1, -0.05) is 0 Å². The predicted octanol–water partition coefficient (Wildman–Crippen LogP) is -5.99. The van der Waals surface area contributed by atoms with Gasteiger partial charge in [0.25, 0.3) is 0 Å². The molecule has 17 heavy (non-hydrogen) atoms. The predicted molar refractivity (Wildman–Crippen MR) is 48.0 cm³/mol. The first-order valence-electron chi connectivity index (χ1n) is 4.30. The Morgan fingerprint density at radius 1 is 1.12 bits per heavy atom. The van der Waals surface area contributed by atoms with Gasteiger partial charge < -0.3 is 36.4 Å². The Labute approximate surface area is 120 Å². The van der Waals surface area contributed by atoms with Gasteiger partial charge in [-0.2, -0.15) is 0 Å². The number of aliphatic hydroxyl groups excluding tert-OH is 4. The Bertz CT molecular complexity index is 288. The molecule has 0 aromatic heterocycles. The SMILES string of the molecule is O=P(O)(O)OC[C@H]1O[C@H](O)[C@H](O)[C@@H](O)[C@@H]1O.[H-].[Na+]. The Kier molecular flexibility index (Phi) is 7.27. The first kappa shape index (κ1) is 17.9. The van der Waals surface area contributed by atoms with E-state index in [1.165, 1.54) is 0 Å². The summed E-state index contributed by atoms with van der Waals surface area (Å²) in [4.78, 5) is 16.8. The summed E-state index contributed by atoms with van der Waals surface area (Å²) in [7, 11) is -4.73. The zero-order valence-electron chi connectivity index (χ0n) is 9.95. The quantitative estimate of drug-likeness (QED) is 0.219. The van der Waals surface area contributed by atoms with Crippen molar-refractivity contribution in [2.45, 2.75) is 30.7 Å². The number of hydrogen-bond acceptors (Lipinski definition) is 7. The molecule has 1 fully saturated rings. The summed E-state index contributed by atoms with van der Waals surface area (Å²) in [6.45, 7) is -0.730. The van der Waals surface area contributed by atoms with Crippen LogP contribution >= 0.6 is 7.82 Å². The summed E-state index contributed by atoms with van der Waals surface area (Å²) in [5, 5.41) is 36.7. The van der Waals surface area contributed by atoms with E-state index in [0.29, 0.717) is 0 Å². The fraction of sp³-hybridized carbons (Fsp3) is 1.00. The molecule has 98 valence electrons. The Morgan fingerprint density at radius 2 is 1.65 bits per heavy atom. The molecule has 0 spiro atoms. The van der Waals surface area contributed by atoms with Gasteiger partial charge in [0.2, 0.25) is 0 Å². The molecule has 1 rings (SSSR count). The Hall–Kier alpha value is 0.910. The molecule has 0 bridgehead atoms. The second-order valence-corrected chi connectivity index (χ2v) is 4.56. The molecule has 0 aliphatic carbocycles. The molecule has 0 aromatic rings. The minimum atomic E-state index is -4.73. The van der Waals surface area contributed by atoms with Crippen LogP contribution in [0, 0.1) is 0 Å². The normalized spacial score (nSPS) is 38.6. The van der Waals surface area contributed by atoms with Crippen LogP contribution in [0.3, 0.4) is 0 Å². The van der Waals surface area contributed by atoms with Crippen molar-refractivity contribution in [3.63, 3.8) is 0 Å². The van der Waals surface area contributed by atoms with Crippen LogP contribution in [0.1, 0.15) is 1.43 Å². The third kappa shape index (κ3) is 5.19. The van der Waals surface area contributed by atoms with Gasteiger partial charge in [0.1, 0.15) is 24.4 Å².